The van der Waals surface area contributed by atoms with Crippen LogP contribution >= 0.6 is 23.2 Å². The van der Waals surface area contributed by atoms with Crippen LogP contribution in [0.5, 0.6) is 5.75 Å². The summed E-state index contributed by atoms with van der Waals surface area (Å²) in [5.41, 5.74) is 2.74. The maximum absolute atomic E-state index is 6.39. The van der Waals surface area contributed by atoms with Crippen molar-refractivity contribution in [2.75, 3.05) is 6.61 Å². The fourth-order valence-corrected chi connectivity index (χ4v) is 2.69. The van der Waals surface area contributed by atoms with Gasteiger partial charge in [-0.05, 0) is 37.1 Å². The SMILES string of the molecule is CCOc1ccc(-n2nc(C(C)C)c(CCl)c2Cl)cc1. The predicted molar refractivity (Wildman–Crippen MR) is 83.4 cm³/mol. The van der Waals surface area contributed by atoms with Gasteiger partial charge in [-0.2, -0.15) is 5.10 Å². The van der Waals surface area contributed by atoms with Crippen molar-refractivity contribution in [1.29, 1.82) is 0 Å². The lowest BCUT2D eigenvalue weighted by Gasteiger charge is -2.06. The molecule has 1 heterocycles. The minimum atomic E-state index is 0.283. The minimum absolute atomic E-state index is 0.283. The van der Waals surface area contributed by atoms with E-state index < -0.39 is 0 Å². The molecule has 5 heteroatoms. The first-order valence-corrected chi connectivity index (χ1v) is 7.56. The molecule has 0 saturated heterocycles. The largest absolute Gasteiger partial charge is 0.494 e. The van der Waals surface area contributed by atoms with Gasteiger partial charge in [0.25, 0.3) is 0 Å². The highest BCUT2D eigenvalue weighted by Gasteiger charge is 2.18. The molecule has 0 atom stereocenters. The van der Waals surface area contributed by atoms with Crippen molar-refractivity contribution < 1.29 is 4.74 Å². The molecule has 0 bridgehead atoms. The van der Waals surface area contributed by atoms with Crippen LogP contribution in [0.25, 0.3) is 5.69 Å². The fraction of sp³-hybridized carbons (Fsp3) is 0.400. The predicted octanol–water partition coefficient (Wildman–Crippen LogP) is 4.79. The van der Waals surface area contributed by atoms with Crippen LogP contribution in [0.3, 0.4) is 0 Å². The zero-order chi connectivity index (χ0) is 14.7. The highest BCUT2D eigenvalue weighted by Crippen LogP contribution is 2.30. The van der Waals surface area contributed by atoms with Gasteiger partial charge in [0.2, 0.25) is 0 Å². The van der Waals surface area contributed by atoms with E-state index in [1.165, 1.54) is 0 Å². The molecule has 0 aliphatic heterocycles. The molecule has 2 aromatic rings. The summed E-state index contributed by atoms with van der Waals surface area (Å²) in [7, 11) is 0. The number of alkyl halides is 1. The number of hydrogen-bond acceptors (Lipinski definition) is 2. The van der Waals surface area contributed by atoms with Crippen LogP contribution < -0.4 is 4.74 Å². The summed E-state index contributed by atoms with van der Waals surface area (Å²) in [4.78, 5) is 0. The van der Waals surface area contributed by atoms with Crippen molar-refractivity contribution in [3.05, 3.63) is 40.7 Å². The van der Waals surface area contributed by atoms with Crippen LogP contribution in [0.2, 0.25) is 5.15 Å². The first-order valence-electron chi connectivity index (χ1n) is 6.65. The van der Waals surface area contributed by atoms with E-state index >= 15 is 0 Å². The van der Waals surface area contributed by atoms with E-state index in [1.807, 2.05) is 31.2 Å². The Morgan fingerprint density at radius 1 is 1.25 bits per heavy atom. The number of halogens is 2. The Kier molecular flexibility index (Phi) is 4.95. The van der Waals surface area contributed by atoms with Crippen LogP contribution in [0.15, 0.2) is 24.3 Å². The number of ether oxygens (including phenoxy) is 1. The standard InChI is InChI=1S/C15H18Cl2N2O/c1-4-20-12-7-5-11(6-8-12)19-15(17)13(9-16)14(18-19)10(2)3/h5-8,10H,4,9H2,1-3H3. The van der Waals surface area contributed by atoms with Gasteiger partial charge in [0.1, 0.15) is 10.9 Å². The maximum Gasteiger partial charge on any atom is 0.137 e. The lowest BCUT2D eigenvalue weighted by atomic mass is 10.1. The van der Waals surface area contributed by atoms with E-state index in [9.17, 15) is 0 Å². The van der Waals surface area contributed by atoms with Crippen molar-refractivity contribution in [2.45, 2.75) is 32.6 Å². The maximum atomic E-state index is 6.39. The van der Waals surface area contributed by atoms with E-state index in [0.29, 0.717) is 17.6 Å². The summed E-state index contributed by atoms with van der Waals surface area (Å²) in [6.45, 7) is 6.77. The van der Waals surface area contributed by atoms with Gasteiger partial charge in [-0.1, -0.05) is 25.4 Å². The zero-order valence-electron chi connectivity index (χ0n) is 11.9. The third kappa shape index (κ3) is 2.94. The van der Waals surface area contributed by atoms with E-state index in [-0.39, 0.29) is 5.92 Å². The summed E-state index contributed by atoms with van der Waals surface area (Å²) in [6.07, 6.45) is 0. The van der Waals surface area contributed by atoms with Crippen molar-refractivity contribution in [2.24, 2.45) is 0 Å². The van der Waals surface area contributed by atoms with Crippen LogP contribution in [-0.2, 0) is 5.88 Å². The highest BCUT2D eigenvalue weighted by molar-refractivity contribution is 6.31. The second kappa shape index (κ2) is 6.51. The highest BCUT2D eigenvalue weighted by atomic mass is 35.5. The van der Waals surface area contributed by atoms with Crippen LogP contribution in [0, 0.1) is 0 Å². The smallest absolute Gasteiger partial charge is 0.137 e. The quantitative estimate of drug-likeness (QED) is 0.742. The van der Waals surface area contributed by atoms with Gasteiger partial charge >= 0.3 is 0 Å². The molecule has 0 aliphatic rings. The molecular formula is C15H18Cl2N2O. The van der Waals surface area contributed by atoms with Crippen LogP contribution in [0.1, 0.15) is 37.9 Å². The average molecular weight is 313 g/mol. The van der Waals surface area contributed by atoms with E-state index in [1.54, 1.807) is 4.68 Å². The molecule has 0 amide bonds. The molecule has 0 aliphatic carbocycles. The van der Waals surface area contributed by atoms with Gasteiger partial charge in [-0.3, -0.25) is 0 Å². The summed E-state index contributed by atoms with van der Waals surface area (Å²) >= 11 is 12.4. The topological polar surface area (TPSA) is 27.1 Å². The third-order valence-corrected chi connectivity index (χ3v) is 3.68. The monoisotopic (exact) mass is 312 g/mol. The van der Waals surface area contributed by atoms with Gasteiger partial charge in [-0.15, -0.1) is 11.6 Å². The number of benzene rings is 1. The normalized spacial score (nSPS) is 11.1. The Hall–Kier alpha value is -1.19. The molecule has 0 radical (unpaired) electrons. The second-order valence-corrected chi connectivity index (χ2v) is 5.41. The molecule has 1 aromatic carbocycles. The Labute approximate surface area is 129 Å². The van der Waals surface area contributed by atoms with Gasteiger partial charge in [-0.25, -0.2) is 4.68 Å². The van der Waals surface area contributed by atoms with E-state index in [2.05, 4.69) is 18.9 Å². The van der Waals surface area contributed by atoms with Crippen molar-refractivity contribution in [1.82, 2.24) is 9.78 Å². The van der Waals surface area contributed by atoms with Crippen molar-refractivity contribution in [3.63, 3.8) is 0 Å². The molecule has 108 valence electrons. The summed E-state index contributed by atoms with van der Waals surface area (Å²) in [6, 6.07) is 7.69. The third-order valence-electron chi connectivity index (χ3n) is 3.02. The first-order chi connectivity index (χ1) is 9.58. The summed E-state index contributed by atoms with van der Waals surface area (Å²) in [5.74, 6) is 1.48. The molecule has 0 unspecified atom stereocenters. The molecule has 20 heavy (non-hydrogen) atoms. The Balaban J connectivity index is 2.42. The van der Waals surface area contributed by atoms with Gasteiger partial charge in [0.05, 0.1) is 23.9 Å². The lowest BCUT2D eigenvalue weighted by molar-refractivity contribution is 0.340. The summed E-state index contributed by atoms with van der Waals surface area (Å²) < 4.78 is 7.16. The first kappa shape index (κ1) is 15.2. The van der Waals surface area contributed by atoms with E-state index in [4.69, 9.17) is 27.9 Å². The Morgan fingerprint density at radius 3 is 2.35 bits per heavy atom. The number of hydrogen-bond donors (Lipinski definition) is 0. The van der Waals surface area contributed by atoms with Crippen molar-refractivity contribution in [3.8, 4) is 11.4 Å². The molecule has 0 spiro atoms. The van der Waals surface area contributed by atoms with E-state index in [0.717, 1.165) is 22.7 Å². The minimum Gasteiger partial charge on any atom is -0.494 e. The van der Waals surface area contributed by atoms with Gasteiger partial charge < -0.3 is 4.74 Å². The molecule has 0 N–H and O–H groups in total. The number of aromatic nitrogens is 2. The number of nitrogens with zero attached hydrogens (tertiary/aromatic N) is 2. The van der Waals surface area contributed by atoms with Gasteiger partial charge in [0.15, 0.2) is 0 Å². The number of rotatable bonds is 5. The fourth-order valence-electron chi connectivity index (χ4n) is 2.05. The van der Waals surface area contributed by atoms with Gasteiger partial charge in [0, 0.05) is 5.56 Å². The average Bonchev–Trinajstić information content (AvgIpc) is 2.77. The lowest BCUT2D eigenvalue weighted by Crippen LogP contribution is -1.99. The van der Waals surface area contributed by atoms with Crippen molar-refractivity contribution >= 4 is 23.2 Å². The molecular weight excluding hydrogens is 295 g/mol. The molecule has 0 saturated carbocycles. The molecule has 0 fully saturated rings. The van der Waals surface area contributed by atoms with Crippen LogP contribution in [-0.4, -0.2) is 16.4 Å². The second-order valence-electron chi connectivity index (χ2n) is 4.78. The van der Waals surface area contributed by atoms with Crippen LogP contribution in [0.4, 0.5) is 0 Å². The molecule has 3 nitrogen and oxygen atoms in total. The summed E-state index contributed by atoms with van der Waals surface area (Å²) in [5, 5.41) is 5.16. The molecule has 2 rings (SSSR count). The zero-order valence-corrected chi connectivity index (χ0v) is 13.4. The molecule has 1 aromatic heterocycles. The Morgan fingerprint density at radius 2 is 1.90 bits per heavy atom. The Bertz CT molecular complexity index is 576.